The first-order valence-electron chi connectivity index (χ1n) is 9.19. The molecule has 0 spiro atoms. The number of anilines is 1. The van der Waals surface area contributed by atoms with Crippen LogP contribution >= 0.6 is 0 Å². The van der Waals surface area contributed by atoms with Gasteiger partial charge in [-0.2, -0.15) is 13.2 Å². The van der Waals surface area contributed by atoms with E-state index in [1.165, 1.54) is 18.2 Å². The van der Waals surface area contributed by atoms with Crippen LogP contribution in [-0.4, -0.2) is 29.0 Å². The average molecular weight is 404 g/mol. The molecule has 0 radical (unpaired) electrons. The molecule has 0 atom stereocenters. The molecule has 2 heterocycles. The van der Waals surface area contributed by atoms with Crippen LogP contribution in [-0.2, 0) is 12.7 Å². The van der Waals surface area contributed by atoms with E-state index in [0.717, 1.165) is 31.6 Å². The van der Waals surface area contributed by atoms with Crippen molar-refractivity contribution in [3.05, 3.63) is 58.8 Å². The molecule has 1 aromatic heterocycles. The molecule has 1 fully saturated rings. The third kappa shape index (κ3) is 3.67. The standard InChI is InChI=1S/C21H19F3N2O3/c1-12-18(20(28)25-14-5-3-13(4-6-14)21(22,23)24)19-15(11-26-9-2-10-26)16(27)7-8-17(19)29-12/h3-8,27H,2,9-11H2,1H3,(H,25,28). The van der Waals surface area contributed by atoms with E-state index < -0.39 is 17.6 Å². The molecule has 5 nitrogen and oxygen atoms in total. The Morgan fingerprint density at radius 3 is 2.45 bits per heavy atom. The first-order valence-corrected chi connectivity index (χ1v) is 9.19. The summed E-state index contributed by atoms with van der Waals surface area (Å²) >= 11 is 0. The molecule has 0 aliphatic carbocycles. The number of furan rings is 1. The van der Waals surface area contributed by atoms with Crippen LogP contribution in [0.15, 0.2) is 40.8 Å². The predicted octanol–water partition coefficient (Wildman–Crippen LogP) is 4.92. The highest BCUT2D eigenvalue weighted by Gasteiger charge is 2.30. The summed E-state index contributed by atoms with van der Waals surface area (Å²) < 4.78 is 43.9. The molecule has 1 aliphatic rings. The predicted molar refractivity (Wildman–Crippen MR) is 102 cm³/mol. The highest BCUT2D eigenvalue weighted by molar-refractivity contribution is 6.14. The Hall–Kier alpha value is -3.00. The molecular formula is C21H19F3N2O3. The number of hydrogen-bond acceptors (Lipinski definition) is 4. The number of rotatable bonds is 4. The summed E-state index contributed by atoms with van der Waals surface area (Å²) in [7, 11) is 0. The molecule has 4 rings (SSSR count). The molecular weight excluding hydrogens is 385 g/mol. The molecule has 2 aromatic carbocycles. The molecule has 152 valence electrons. The van der Waals surface area contributed by atoms with Crippen LogP contribution in [0.5, 0.6) is 5.75 Å². The number of nitrogens with zero attached hydrogens (tertiary/aromatic N) is 1. The number of aryl methyl sites for hydroxylation is 1. The smallest absolute Gasteiger partial charge is 0.416 e. The second-order valence-corrected chi connectivity index (χ2v) is 7.13. The quantitative estimate of drug-likeness (QED) is 0.648. The number of phenols is 1. The summed E-state index contributed by atoms with van der Waals surface area (Å²) in [5.41, 5.74) is 0.805. The zero-order chi connectivity index (χ0) is 20.8. The fraction of sp³-hybridized carbons (Fsp3) is 0.286. The Balaban J connectivity index is 1.68. The molecule has 2 N–H and O–H groups in total. The van der Waals surface area contributed by atoms with Crippen molar-refractivity contribution >= 4 is 22.6 Å². The average Bonchev–Trinajstić information content (AvgIpc) is 2.95. The van der Waals surface area contributed by atoms with Crippen molar-refractivity contribution < 1.29 is 27.5 Å². The van der Waals surface area contributed by atoms with Gasteiger partial charge in [0.25, 0.3) is 5.91 Å². The van der Waals surface area contributed by atoms with Gasteiger partial charge in [-0.15, -0.1) is 0 Å². The fourth-order valence-corrected chi connectivity index (χ4v) is 3.50. The van der Waals surface area contributed by atoms with E-state index in [2.05, 4.69) is 10.2 Å². The van der Waals surface area contributed by atoms with Gasteiger partial charge in [-0.1, -0.05) is 0 Å². The van der Waals surface area contributed by atoms with Crippen molar-refractivity contribution in [1.29, 1.82) is 0 Å². The number of halogens is 3. The topological polar surface area (TPSA) is 65.7 Å². The summed E-state index contributed by atoms with van der Waals surface area (Å²) in [6.07, 6.45) is -3.36. The summed E-state index contributed by atoms with van der Waals surface area (Å²) in [6.45, 7) is 3.97. The number of alkyl halides is 3. The normalized spacial score (nSPS) is 14.8. The Bertz CT molecular complexity index is 1070. The lowest BCUT2D eigenvalue weighted by atomic mass is 10.0. The van der Waals surface area contributed by atoms with Gasteiger partial charge in [-0.3, -0.25) is 9.69 Å². The first kappa shape index (κ1) is 19.3. The summed E-state index contributed by atoms with van der Waals surface area (Å²) in [5.74, 6) is -0.0508. The number of aromatic hydroxyl groups is 1. The molecule has 3 aromatic rings. The molecule has 0 saturated carbocycles. The minimum atomic E-state index is -4.44. The Morgan fingerprint density at radius 2 is 1.86 bits per heavy atom. The Labute approximate surface area is 164 Å². The van der Waals surface area contributed by atoms with Crippen LogP contribution in [0, 0.1) is 6.92 Å². The van der Waals surface area contributed by atoms with E-state index >= 15 is 0 Å². The van der Waals surface area contributed by atoms with Gasteiger partial charge in [0.15, 0.2) is 0 Å². The highest BCUT2D eigenvalue weighted by Crippen LogP contribution is 2.36. The van der Waals surface area contributed by atoms with E-state index in [0.29, 0.717) is 28.8 Å². The zero-order valence-electron chi connectivity index (χ0n) is 15.6. The molecule has 8 heteroatoms. The van der Waals surface area contributed by atoms with E-state index in [1.807, 2.05) is 0 Å². The molecule has 1 aliphatic heterocycles. The molecule has 29 heavy (non-hydrogen) atoms. The monoisotopic (exact) mass is 404 g/mol. The second-order valence-electron chi connectivity index (χ2n) is 7.13. The van der Waals surface area contributed by atoms with Crippen LogP contribution in [0.2, 0.25) is 0 Å². The van der Waals surface area contributed by atoms with Gasteiger partial charge in [0, 0.05) is 23.2 Å². The molecule has 1 saturated heterocycles. The minimum Gasteiger partial charge on any atom is -0.508 e. The number of amides is 1. The van der Waals surface area contributed by atoms with Crippen LogP contribution in [0.3, 0.4) is 0 Å². The van der Waals surface area contributed by atoms with Crippen molar-refractivity contribution in [1.82, 2.24) is 4.90 Å². The van der Waals surface area contributed by atoms with E-state index in [1.54, 1.807) is 13.0 Å². The maximum atomic E-state index is 12.9. The van der Waals surface area contributed by atoms with Crippen LogP contribution in [0.25, 0.3) is 11.0 Å². The molecule has 0 bridgehead atoms. The van der Waals surface area contributed by atoms with Crippen molar-refractivity contribution in [2.45, 2.75) is 26.1 Å². The van der Waals surface area contributed by atoms with E-state index in [-0.39, 0.29) is 17.0 Å². The molecule has 1 amide bonds. The SMILES string of the molecule is Cc1oc2ccc(O)c(CN3CCC3)c2c1C(=O)Nc1ccc(C(F)(F)F)cc1. The number of carbonyl (C=O) groups is 1. The Morgan fingerprint density at radius 1 is 1.17 bits per heavy atom. The van der Waals surface area contributed by atoms with Gasteiger partial charge in [0.1, 0.15) is 17.1 Å². The lowest BCUT2D eigenvalue weighted by molar-refractivity contribution is -0.137. The number of phenolic OH excluding ortho intramolecular Hbond substituents is 1. The summed E-state index contributed by atoms with van der Waals surface area (Å²) in [4.78, 5) is 15.1. The van der Waals surface area contributed by atoms with Crippen molar-refractivity contribution in [2.24, 2.45) is 0 Å². The van der Waals surface area contributed by atoms with Gasteiger partial charge >= 0.3 is 6.18 Å². The van der Waals surface area contributed by atoms with E-state index in [4.69, 9.17) is 4.42 Å². The third-order valence-electron chi connectivity index (χ3n) is 5.14. The number of nitrogens with one attached hydrogen (secondary N) is 1. The lowest BCUT2D eigenvalue weighted by Gasteiger charge is -2.31. The first-order chi connectivity index (χ1) is 13.7. The number of benzene rings is 2. The van der Waals surface area contributed by atoms with Crippen molar-refractivity contribution in [2.75, 3.05) is 18.4 Å². The van der Waals surface area contributed by atoms with E-state index in [9.17, 15) is 23.1 Å². The summed E-state index contributed by atoms with van der Waals surface area (Å²) in [6, 6.07) is 7.38. The van der Waals surface area contributed by atoms with Crippen LogP contribution in [0.1, 0.15) is 33.7 Å². The van der Waals surface area contributed by atoms with Gasteiger partial charge in [0.2, 0.25) is 0 Å². The maximum absolute atomic E-state index is 12.9. The Kier molecular flexibility index (Phi) is 4.74. The molecule has 0 unspecified atom stereocenters. The van der Waals surface area contributed by atoms with Gasteiger partial charge in [-0.25, -0.2) is 0 Å². The number of hydrogen-bond donors (Lipinski definition) is 2. The van der Waals surface area contributed by atoms with Crippen molar-refractivity contribution in [3.63, 3.8) is 0 Å². The fourth-order valence-electron chi connectivity index (χ4n) is 3.50. The van der Waals surface area contributed by atoms with Gasteiger partial charge < -0.3 is 14.8 Å². The maximum Gasteiger partial charge on any atom is 0.416 e. The lowest BCUT2D eigenvalue weighted by Crippen LogP contribution is -2.36. The minimum absolute atomic E-state index is 0.0776. The van der Waals surface area contributed by atoms with Crippen LogP contribution in [0.4, 0.5) is 18.9 Å². The summed E-state index contributed by atoms with van der Waals surface area (Å²) in [5, 5.41) is 13.5. The number of carbonyl (C=O) groups excluding carboxylic acids is 1. The van der Waals surface area contributed by atoms with Crippen molar-refractivity contribution in [3.8, 4) is 5.75 Å². The van der Waals surface area contributed by atoms with Gasteiger partial charge in [0.05, 0.1) is 11.1 Å². The number of likely N-dealkylation sites (tertiary alicyclic amines) is 1. The second kappa shape index (κ2) is 7.11. The zero-order valence-corrected chi connectivity index (χ0v) is 15.6. The largest absolute Gasteiger partial charge is 0.508 e. The van der Waals surface area contributed by atoms with Gasteiger partial charge in [-0.05, 0) is 62.8 Å². The van der Waals surface area contributed by atoms with Crippen LogP contribution < -0.4 is 5.32 Å². The number of fused-ring (bicyclic) bond motifs is 1. The third-order valence-corrected chi connectivity index (χ3v) is 5.14. The highest BCUT2D eigenvalue weighted by atomic mass is 19.4.